The number of rotatable bonds is 5. The summed E-state index contributed by atoms with van der Waals surface area (Å²) in [6.07, 6.45) is 4.61. The highest BCUT2D eigenvalue weighted by Crippen LogP contribution is 2.31. The molecule has 1 aromatic carbocycles. The van der Waals surface area contributed by atoms with Crippen LogP contribution in [0.5, 0.6) is 0 Å². The van der Waals surface area contributed by atoms with Crippen molar-refractivity contribution >= 4 is 22.9 Å². The maximum absolute atomic E-state index is 6.21. The van der Waals surface area contributed by atoms with Crippen LogP contribution < -0.4 is 5.32 Å². The van der Waals surface area contributed by atoms with Crippen LogP contribution in [0.4, 0.5) is 0 Å². The fourth-order valence-electron chi connectivity index (χ4n) is 2.32. The summed E-state index contributed by atoms with van der Waals surface area (Å²) in [5.74, 6) is 0. The Morgan fingerprint density at radius 2 is 2.30 bits per heavy atom. The summed E-state index contributed by atoms with van der Waals surface area (Å²) in [4.78, 5) is 5.57. The molecule has 3 nitrogen and oxygen atoms in total. The van der Waals surface area contributed by atoms with Gasteiger partial charge in [-0.15, -0.1) is 11.3 Å². The second-order valence-electron chi connectivity index (χ2n) is 4.86. The Balaban J connectivity index is 1.58. The Morgan fingerprint density at radius 1 is 1.40 bits per heavy atom. The molecule has 1 fully saturated rings. The summed E-state index contributed by atoms with van der Waals surface area (Å²) in [6, 6.07) is 7.87. The second kappa shape index (κ2) is 6.68. The summed E-state index contributed by atoms with van der Waals surface area (Å²) in [6.45, 7) is 2.59. The van der Waals surface area contributed by atoms with E-state index in [-0.39, 0.29) is 0 Å². The number of halogens is 1. The normalized spacial score (nSPS) is 18.6. The average Bonchev–Trinajstić information content (AvgIpc) is 3.11. The molecule has 3 rings (SSSR count). The van der Waals surface area contributed by atoms with E-state index in [1.807, 2.05) is 30.5 Å². The lowest BCUT2D eigenvalue weighted by atomic mass is 10.2. The van der Waals surface area contributed by atoms with Crippen molar-refractivity contribution in [1.29, 1.82) is 0 Å². The number of thiazole rings is 1. The molecule has 1 unspecified atom stereocenters. The van der Waals surface area contributed by atoms with Crippen LogP contribution in [0.15, 0.2) is 30.5 Å². The van der Waals surface area contributed by atoms with Crippen molar-refractivity contribution in [3.63, 3.8) is 0 Å². The Bertz CT molecular complexity index is 567. The van der Waals surface area contributed by atoms with E-state index in [1.165, 1.54) is 6.42 Å². The minimum Gasteiger partial charge on any atom is -0.377 e. The van der Waals surface area contributed by atoms with Gasteiger partial charge in [-0.25, -0.2) is 4.98 Å². The van der Waals surface area contributed by atoms with Gasteiger partial charge in [-0.3, -0.25) is 0 Å². The molecule has 1 saturated heterocycles. The number of hydrogen-bond acceptors (Lipinski definition) is 4. The van der Waals surface area contributed by atoms with Crippen LogP contribution in [0.3, 0.4) is 0 Å². The third kappa shape index (κ3) is 3.38. The van der Waals surface area contributed by atoms with Crippen molar-refractivity contribution in [2.45, 2.75) is 25.5 Å². The topological polar surface area (TPSA) is 34.2 Å². The Kier molecular flexibility index (Phi) is 4.68. The first kappa shape index (κ1) is 14.0. The predicted molar refractivity (Wildman–Crippen MR) is 83.2 cm³/mol. The third-order valence-electron chi connectivity index (χ3n) is 3.37. The van der Waals surface area contributed by atoms with Gasteiger partial charge in [0, 0.05) is 36.5 Å². The van der Waals surface area contributed by atoms with E-state index >= 15 is 0 Å². The molecule has 1 aliphatic heterocycles. The number of benzene rings is 1. The van der Waals surface area contributed by atoms with Crippen molar-refractivity contribution in [3.8, 4) is 10.4 Å². The molecule has 0 bridgehead atoms. The fourth-order valence-corrected chi connectivity index (χ4v) is 3.54. The summed E-state index contributed by atoms with van der Waals surface area (Å²) in [5.41, 5.74) is 1.05. The van der Waals surface area contributed by atoms with Crippen LogP contribution in [0, 0.1) is 0 Å². The molecular formula is C15H17ClN2OS. The van der Waals surface area contributed by atoms with Gasteiger partial charge >= 0.3 is 0 Å². The average molecular weight is 309 g/mol. The molecule has 5 heteroatoms. The number of hydrogen-bond donors (Lipinski definition) is 1. The summed E-state index contributed by atoms with van der Waals surface area (Å²) in [7, 11) is 0. The van der Waals surface area contributed by atoms with Crippen molar-refractivity contribution in [2.24, 2.45) is 0 Å². The molecular weight excluding hydrogens is 292 g/mol. The van der Waals surface area contributed by atoms with Gasteiger partial charge in [0.2, 0.25) is 0 Å². The lowest BCUT2D eigenvalue weighted by Crippen LogP contribution is -2.25. The summed E-state index contributed by atoms with van der Waals surface area (Å²) in [5, 5.41) is 5.27. The SMILES string of the molecule is Clc1ccccc1-c1cnc(CNCC2CCCO2)s1. The van der Waals surface area contributed by atoms with Crippen LogP contribution in [-0.4, -0.2) is 24.2 Å². The second-order valence-corrected chi connectivity index (χ2v) is 6.39. The molecule has 1 aromatic heterocycles. The standard InChI is InChI=1S/C15H17ClN2OS/c16-13-6-2-1-5-12(13)14-9-18-15(20-14)10-17-8-11-4-3-7-19-11/h1-2,5-6,9,11,17H,3-4,7-8,10H2. The molecule has 0 spiro atoms. The Hall–Kier alpha value is -0.940. The maximum atomic E-state index is 6.21. The van der Waals surface area contributed by atoms with Gasteiger partial charge < -0.3 is 10.1 Å². The largest absolute Gasteiger partial charge is 0.377 e. The van der Waals surface area contributed by atoms with Crippen LogP contribution in [-0.2, 0) is 11.3 Å². The summed E-state index contributed by atoms with van der Waals surface area (Å²) >= 11 is 7.89. The lowest BCUT2D eigenvalue weighted by Gasteiger charge is -2.09. The van der Waals surface area contributed by atoms with Gasteiger partial charge in [0.05, 0.1) is 11.0 Å². The Morgan fingerprint density at radius 3 is 3.10 bits per heavy atom. The Labute approximate surface area is 127 Å². The van der Waals surface area contributed by atoms with Crippen LogP contribution >= 0.6 is 22.9 Å². The lowest BCUT2D eigenvalue weighted by molar-refractivity contribution is 0.110. The molecule has 1 N–H and O–H groups in total. The van der Waals surface area contributed by atoms with Gasteiger partial charge in [-0.1, -0.05) is 29.8 Å². The van der Waals surface area contributed by atoms with E-state index in [9.17, 15) is 0 Å². The minimum atomic E-state index is 0.373. The zero-order valence-corrected chi connectivity index (χ0v) is 12.7. The van der Waals surface area contributed by atoms with Gasteiger partial charge in [0.15, 0.2) is 0 Å². The first-order chi connectivity index (χ1) is 9.83. The molecule has 2 aromatic rings. The molecule has 20 heavy (non-hydrogen) atoms. The molecule has 106 valence electrons. The van der Waals surface area contributed by atoms with E-state index in [0.29, 0.717) is 6.10 Å². The van der Waals surface area contributed by atoms with E-state index in [0.717, 1.165) is 46.6 Å². The molecule has 2 heterocycles. The van der Waals surface area contributed by atoms with Crippen LogP contribution in [0.2, 0.25) is 5.02 Å². The van der Waals surface area contributed by atoms with Crippen molar-refractivity contribution in [1.82, 2.24) is 10.3 Å². The smallest absolute Gasteiger partial charge is 0.107 e. The number of ether oxygens (including phenoxy) is 1. The molecule has 0 radical (unpaired) electrons. The molecule has 0 aliphatic carbocycles. The third-order valence-corrected chi connectivity index (χ3v) is 4.73. The van der Waals surface area contributed by atoms with Gasteiger partial charge in [-0.2, -0.15) is 0 Å². The van der Waals surface area contributed by atoms with Gasteiger partial charge in [-0.05, 0) is 18.9 Å². The number of nitrogens with one attached hydrogen (secondary N) is 1. The van der Waals surface area contributed by atoms with E-state index in [2.05, 4.69) is 10.3 Å². The highest BCUT2D eigenvalue weighted by Gasteiger charge is 2.15. The predicted octanol–water partition coefficient (Wildman–Crippen LogP) is 3.73. The number of aromatic nitrogens is 1. The van der Waals surface area contributed by atoms with Crippen molar-refractivity contribution in [2.75, 3.05) is 13.2 Å². The van der Waals surface area contributed by atoms with Crippen LogP contribution in [0.25, 0.3) is 10.4 Å². The first-order valence-corrected chi connectivity index (χ1v) is 8.04. The van der Waals surface area contributed by atoms with E-state index in [4.69, 9.17) is 16.3 Å². The summed E-state index contributed by atoms with van der Waals surface area (Å²) < 4.78 is 5.58. The molecule has 1 atom stereocenters. The quantitative estimate of drug-likeness (QED) is 0.914. The maximum Gasteiger partial charge on any atom is 0.107 e. The number of nitrogens with zero attached hydrogens (tertiary/aromatic N) is 1. The zero-order valence-electron chi connectivity index (χ0n) is 11.1. The van der Waals surface area contributed by atoms with Crippen molar-refractivity contribution < 1.29 is 4.74 Å². The molecule has 0 amide bonds. The first-order valence-electron chi connectivity index (χ1n) is 6.85. The highest BCUT2D eigenvalue weighted by molar-refractivity contribution is 7.15. The van der Waals surface area contributed by atoms with Gasteiger partial charge in [0.25, 0.3) is 0 Å². The van der Waals surface area contributed by atoms with E-state index in [1.54, 1.807) is 11.3 Å². The van der Waals surface area contributed by atoms with Crippen LogP contribution in [0.1, 0.15) is 17.8 Å². The van der Waals surface area contributed by atoms with Gasteiger partial charge in [0.1, 0.15) is 5.01 Å². The zero-order chi connectivity index (χ0) is 13.8. The highest BCUT2D eigenvalue weighted by atomic mass is 35.5. The molecule has 1 aliphatic rings. The molecule has 0 saturated carbocycles. The van der Waals surface area contributed by atoms with Crippen molar-refractivity contribution in [3.05, 3.63) is 40.5 Å². The fraction of sp³-hybridized carbons (Fsp3) is 0.400. The van der Waals surface area contributed by atoms with E-state index < -0.39 is 0 Å². The monoisotopic (exact) mass is 308 g/mol. The minimum absolute atomic E-state index is 0.373.